The number of methoxy groups -OCH3 is 1. The number of aryl methyl sites for hydroxylation is 1. The van der Waals surface area contributed by atoms with Crippen molar-refractivity contribution in [2.24, 2.45) is 0 Å². The molecule has 0 atom stereocenters. The molecule has 0 radical (unpaired) electrons. The molecule has 2 heterocycles. The monoisotopic (exact) mass is 287 g/mol. The summed E-state index contributed by atoms with van der Waals surface area (Å²) < 4.78 is 11.0. The Morgan fingerprint density at radius 3 is 2.81 bits per heavy atom. The third-order valence-electron chi connectivity index (χ3n) is 3.10. The number of rotatable bonds is 3. The lowest BCUT2D eigenvalue weighted by molar-refractivity contribution is 0.0562. The first kappa shape index (κ1) is 14.5. The zero-order valence-corrected chi connectivity index (χ0v) is 11.8. The molecule has 21 heavy (non-hydrogen) atoms. The van der Waals surface area contributed by atoms with Crippen molar-refractivity contribution in [3.63, 3.8) is 0 Å². The predicted molar refractivity (Wildman–Crippen MR) is 71.8 cm³/mol. The van der Waals surface area contributed by atoms with Crippen LogP contribution >= 0.6 is 0 Å². The van der Waals surface area contributed by atoms with Gasteiger partial charge in [0.25, 0.3) is 5.56 Å². The lowest BCUT2D eigenvalue weighted by Gasteiger charge is -2.07. The molecule has 2 aromatic rings. The molecule has 0 aromatic carbocycles. The molecule has 0 spiro atoms. The molecule has 0 N–H and O–H groups in total. The molecule has 0 aliphatic rings. The maximum Gasteiger partial charge on any atom is 0.373 e. The van der Waals surface area contributed by atoms with E-state index in [-0.39, 0.29) is 17.9 Å². The summed E-state index contributed by atoms with van der Waals surface area (Å²) in [7, 11) is 1.25. The Morgan fingerprint density at radius 1 is 1.48 bits per heavy atom. The van der Waals surface area contributed by atoms with Crippen LogP contribution in [-0.2, 0) is 11.3 Å². The highest BCUT2D eigenvalue weighted by atomic mass is 16.5. The van der Waals surface area contributed by atoms with Crippen molar-refractivity contribution in [2.45, 2.75) is 20.4 Å². The Hall–Kier alpha value is -2.88. The first-order chi connectivity index (χ1) is 9.97. The minimum atomic E-state index is -0.598. The third kappa shape index (κ3) is 2.69. The van der Waals surface area contributed by atoms with Crippen molar-refractivity contribution in [1.82, 2.24) is 9.78 Å². The van der Waals surface area contributed by atoms with Crippen molar-refractivity contribution in [3.05, 3.63) is 50.8 Å². The van der Waals surface area contributed by atoms with E-state index < -0.39 is 11.5 Å². The Morgan fingerprint density at radius 2 is 2.19 bits per heavy atom. The van der Waals surface area contributed by atoms with Crippen LogP contribution in [0.15, 0.2) is 21.3 Å². The smallest absolute Gasteiger partial charge is 0.373 e. The summed E-state index contributed by atoms with van der Waals surface area (Å²) in [6.45, 7) is 3.43. The van der Waals surface area contributed by atoms with E-state index in [1.807, 2.05) is 6.07 Å². The topological polar surface area (TPSA) is 98.1 Å². The predicted octanol–water partition coefficient (Wildman–Crippen LogP) is 1.16. The Bertz CT molecular complexity index is 796. The van der Waals surface area contributed by atoms with Crippen molar-refractivity contribution < 1.29 is 13.9 Å². The van der Waals surface area contributed by atoms with Gasteiger partial charge in [-0.05, 0) is 31.5 Å². The molecule has 0 saturated carbocycles. The molecular formula is C14H13N3O4. The number of hydrogen-bond acceptors (Lipinski definition) is 6. The van der Waals surface area contributed by atoms with Gasteiger partial charge in [0, 0.05) is 0 Å². The van der Waals surface area contributed by atoms with Crippen LogP contribution in [0, 0.1) is 25.2 Å². The van der Waals surface area contributed by atoms with E-state index in [4.69, 9.17) is 9.68 Å². The van der Waals surface area contributed by atoms with Crippen LogP contribution in [0.1, 0.15) is 33.1 Å². The maximum atomic E-state index is 12.1. The number of carbonyl (C=O) groups excluding carboxylic acids is 1. The normalized spacial score (nSPS) is 10.2. The number of nitriles is 1. The van der Waals surface area contributed by atoms with E-state index in [2.05, 4.69) is 9.84 Å². The van der Waals surface area contributed by atoms with Crippen LogP contribution in [0.4, 0.5) is 0 Å². The van der Waals surface area contributed by atoms with Gasteiger partial charge in [-0.2, -0.15) is 10.4 Å². The average Bonchev–Trinajstić information content (AvgIpc) is 2.93. The summed E-state index contributed by atoms with van der Waals surface area (Å²) >= 11 is 0. The SMILES string of the molecule is COC(=O)c1ccc(Cn2nc(C)c(C)c(C#N)c2=O)o1. The van der Waals surface area contributed by atoms with Crippen LogP contribution < -0.4 is 5.56 Å². The van der Waals surface area contributed by atoms with E-state index >= 15 is 0 Å². The van der Waals surface area contributed by atoms with E-state index in [1.54, 1.807) is 19.9 Å². The summed E-state index contributed by atoms with van der Waals surface area (Å²) in [5.74, 6) is -0.179. The second-order valence-electron chi connectivity index (χ2n) is 4.42. The zero-order chi connectivity index (χ0) is 15.6. The van der Waals surface area contributed by atoms with Crippen LogP contribution in [0.25, 0.3) is 0 Å². The fourth-order valence-electron chi connectivity index (χ4n) is 1.83. The standard InChI is InChI=1S/C14H13N3O4/c1-8-9(2)16-17(13(18)11(8)6-15)7-10-4-5-12(21-10)14(19)20-3/h4-5H,7H2,1-3H3. The van der Waals surface area contributed by atoms with Crippen LogP contribution in [0.3, 0.4) is 0 Å². The summed E-state index contributed by atoms with van der Waals surface area (Å²) in [6, 6.07) is 4.90. The average molecular weight is 287 g/mol. The molecule has 7 nitrogen and oxygen atoms in total. The summed E-state index contributed by atoms with van der Waals surface area (Å²) in [5, 5.41) is 13.2. The van der Waals surface area contributed by atoms with Gasteiger partial charge in [0.05, 0.1) is 12.8 Å². The molecule has 0 bridgehead atoms. The van der Waals surface area contributed by atoms with Crippen molar-refractivity contribution in [3.8, 4) is 6.07 Å². The maximum absolute atomic E-state index is 12.1. The van der Waals surface area contributed by atoms with Crippen molar-refractivity contribution in [1.29, 1.82) is 5.26 Å². The number of hydrogen-bond donors (Lipinski definition) is 0. The Kier molecular flexibility index (Phi) is 3.89. The Balaban J connectivity index is 2.39. The number of esters is 1. The molecule has 0 fully saturated rings. The molecule has 7 heteroatoms. The van der Waals surface area contributed by atoms with Crippen molar-refractivity contribution in [2.75, 3.05) is 7.11 Å². The van der Waals surface area contributed by atoms with Gasteiger partial charge in [0.15, 0.2) is 0 Å². The Labute approximate surface area is 120 Å². The minimum Gasteiger partial charge on any atom is -0.463 e. The summed E-state index contributed by atoms with van der Waals surface area (Å²) in [6.07, 6.45) is 0. The largest absolute Gasteiger partial charge is 0.463 e. The molecule has 0 aliphatic carbocycles. The molecule has 0 amide bonds. The molecule has 0 aliphatic heterocycles. The van der Waals surface area contributed by atoms with Crippen LogP contribution in [0.5, 0.6) is 0 Å². The van der Waals surface area contributed by atoms with E-state index in [0.29, 0.717) is 17.0 Å². The first-order valence-electron chi connectivity index (χ1n) is 6.13. The molecule has 0 unspecified atom stereocenters. The number of furan rings is 1. The number of carbonyl (C=O) groups is 1. The van der Waals surface area contributed by atoms with Gasteiger partial charge in [-0.1, -0.05) is 0 Å². The molecule has 0 saturated heterocycles. The van der Waals surface area contributed by atoms with E-state index in [1.165, 1.54) is 13.2 Å². The summed E-state index contributed by atoms with van der Waals surface area (Å²) in [5.41, 5.74) is 0.721. The zero-order valence-electron chi connectivity index (χ0n) is 11.8. The van der Waals surface area contributed by atoms with Gasteiger partial charge >= 0.3 is 5.97 Å². The fourth-order valence-corrected chi connectivity index (χ4v) is 1.83. The van der Waals surface area contributed by atoms with E-state index in [0.717, 1.165) is 4.68 Å². The molecule has 108 valence electrons. The third-order valence-corrected chi connectivity index (χ3v) is 3.10. The number of aromatic nitrogens is 2. The van der Waals surface area contributed by atoms with Crippen LogP contribution in [-0.4, -0.2) is 22.9 Å². The highest BCUT2D eigenvalue weighted by molar-refractivity contribution is 5.86. The fraction of sp³-hybridized carbons (Fsp3) is 0.286. The van der Waals surface area contributed by atoms with Gasteiger partial charge in [0.1, 0.15) is 23.9 Å². The minimum absolute atomic E-state index is 0.0334. The molecule has 2 aromatic heterocycles. The first-order valence-corrected chi connectivity index (χ1v) is 6.13. The lowest BCUT2D eigenvalue weighted by atomic mass is 10.1. The van der Waals surface area contributed by atoms with Gasteiger partial charge in [-0.3, -0.25) is 4.79 Å². The van der Waals surface area contributed by atoms with Crippen molar-refractivity contribution >= 4 is 5.97 Å². The van der Waals surface area contributed by atoms with Crippen LogP contribution in [0.2, 0.25) is 0 Å². The van der Waals surface area contributed by atoms with Gasteiger partial charge in [-0.25, -0.2) is 9.48 Å². The molecular weight excluding hydrogens is 274 g/mol. The van der Waals surface area contributed by atoms with E-state index in [9.17, 15) is 9.59 Å². The van der Waals surface area contributed by atoms with Gasteiger partial charge in [-0.15, -0.1) is 0 Å². The quantitative estimate of drug-likeness (QED) is 0.785. The van der Waals surface area contributed by atoms with Gasteiger partial charge < -0.3 is 9.15 Å². The lowest BCUT2D eigenvalue weighted by Crippen LogP contribution is -2.27. The second kappa shape index (κ2) is 5.63. The second-order valence-corrected chi connectivity index (χ2v) is 4.42. The number of nitrogens with zero attached hydrogens (tertiary/aromatic N) is 3. The molecule has 2 rings (SSSR count). The summed E-state index contributed by atoms with van der Waals surface area (Å²) in [4.78, 5) is 23.4. The highest BCUT2D eigenvalue weighted by Crippen LogP contribution is 2.11. The highest BCUT2D eigenvalue weighted by Gasteiger charge is 2.15. The van der Waals surface area contributed by atoms with Gasteiger partial charge in [0.2, 0.25) is 5.76 Å². The number of ether oxygens (including phenoxy) is 1.